The van der Waals surface area contributed by atoms with Gasteiger partial charge in [0.1, 0.15) is 5.75 Å². The van der Waals surface area contributed by atoms with Gasteiger partial charge in [0.2, 0.25) is 0 Å². The molecule has 1 aliphatic heterocycles. The number of hydrogen-bond acceptors (Lipinski definition) is 2. The maximum absolute atomic E-state index is 5.54. The Morgan fingerprint density at radius 3 is 2.53 bits per heavy atom. The topological polar surface area (TPSA) is 21.3 Å². The Morgan fingerprint density at radius 2 is 1.74 bits per heavy atom. The van der Waals surface area contributed by atoms with E-state index in [2.05, 4.69) is 47.8 Å². The second kappa shape index (κ2) is 5.45. The van der Waals surface area contributed by atoms with Crippen molar-refractivity contribution in [3.63, 3.8) is 0 Å². The maximum atomic E-state index is 5.54. The van der Waals surface area contributed by atoms with Crippen LogP contribution in [0.5, 0.6) is 5.75 Å². The van der Waals surface area contributed by atoms with Crippen LogP contribution in [0.15, 0.2) is 42.5 Å². The van der Waals surface area contributed by atoms with Gasteiger partial charge < -0.3 is 10.1 Å². The Kier molecular flexibility index (Phi) is 3.51. The van der Waals surface area contributed by atoms with Crippen molar-refractivity contribution >= 4 is 0 Å². The second-order valence-electron chi connectivity index (χ2n) is 5.06. The highest BCUT2D eigenvalue weighted by Crippen LogP contribution is 2.26. The molecule has 3 rings (SSSR count). The fourth-order valence-corrected chi connectivity index (χ4v) is 2.56. The van der Waals surface area contributed by atoms with Crippen LogP contribution in [-0.2, 0) is 19.4 Å². The van der Waals surface area contributed by atoms with Gasteiger partial charge in [-0.05, 0) is 41.8 Å². The van der Waals surface area contributed by atoms with Gasteiger partial charge in [-0.25, -0.2) is 0 Å². The molecule has 98 valence electrons. The van der Waals surface area contributed by atoms with E-state index in [9.17, 15) is 0 Å². The van der Waals surface area contributed by atoms with Gasteiger partial charge in [0.05, 0.1) is 6.61 Å². The van der Waals surface area contributed by atoms with Gasteiger partial charge in [-0.2, -0.15) is 0 Å². The van der Waals surface area contributed by atoms with Gasteiger partial charge in [-0.3, -0.25) is 0 Å². The lowest BCUT2D eigenvalue weighted by molar-refractivity contribution is 0.357. The number of hydrogen-bond donors (Lipinski definition) is 1. The predicted octanol–water partition coefficient (Wildman–Crippen LogP) is 2.93. The van der Waals surface area contributed by atoms with Crippen LogP contribution in [0.4, 0.5) is 0 Å². The van der Waals surface area contributed by atoms with Crippen LogP contribution in [0, 0.1) is 0 Å². The minimum atomic E-state index is 0.831. The molecule has 0 amide bonds. The fourth-order valence-electron chi connectivity index (χ4n) is 2.56. The molecule has 0 fully saturated rings. The highest BCUT2D eigenvalue weighted by Gasteiger charge is 2.11. The van der Waals surface area contributed by atoms with Crippen molar-refractivity contribution < 1.29 is 4.74 Å². The van der Waals surface area contributed by atoms with Crippen LogP contribution in [-0.4, -0.2) is 13.7 Å². The summed E-state index contributed by atoms with van der Waals surface area (Å²) in [6.45, 7) is 1.76. The third-order valence-corrected chi connectivity index (χ3v) is 3.57. The molecule has 2 heteroatoms. The molecule has 2 nitrogen and oxygen atoms in total. The van der Waals surface area contributed by atoms with Gasteiger partial charge in [0.25, 0.3) is 0 Å². The van der Waals surface area contributed by atoms with E-state index in [1.807, 2.05) is 7.05 Å². The molecule has 0 unspecified atom stereocenters. The molecule has 0 saturated heterocycles. The van der Waals surface area contributed by atoms with E-state index < -0.39 is 0 Å². The molecule has 0 aromatic heterocycles. The SMILES string of the molecule is CNCc1ccc(Cc2ccc3c(c2)CCO3)cc1. The van der Waals surface area contributed by atoms with E-state index in [1.54, 1.807) is 0 Å². The molecule has 19 heavy (non-hydrogen) atoms. The van der Waals surface area contributed by atoms with Crippen molar-refractivity contribution in [2.75, 3.05) is 13.7 Å². The summed E-state index contributed by atoms with van der Waals surface area (Å²) in [5.41, 5.74) is 5.40. The van der Waals surface area contributed by atoms with Crippen molar-refractivity contribution in [3.8, 4) is 5.75 Å². The number of rotatable bonds is 4. The minimum Gasteiger partial charge on any atom is -0.493 e. The van der Waals surface area contributed by atoms with Gasteiger partial charge in [0, 0.05) is 13.0 Å². The van der Waals surface area contributed by atoms with E-state index in [0.29, 0.717) is 0 Å². The van der Waals surface area contributed by atoms with E-state index in [-0.39, 0.29) is 0 Å². The van der Waals surface area contributed by atoms with Gasteiger partial charge >= 0.3 is 0 Å². The zero-order chi connectivity index (χ0) is 13.1. The third kappa shape index (κ3) is 2.79. The second-order valence-corrected chi connectivity index (χ2v) is 5.06. The largest absolute Gasteiger partial charge is 0.493 e. The van der Waals surface area contributed by atoms with Crippen molar-refractivity contribution in [2.24, 2.45) is 0 Å². The molecule has 0 atom stereocenters. The van der Waals surface area contributed by atoms with Crippen molar-refractivity contribution in [1.82, 2.24) is 5.32 Å². The van der Waals surface area contributed by atoms with Crippen LogP contribution in [0.2, 0.25) is 0 Å². The lowest BCUT2D eigenvalue weighted by Crippen LogP contribution is -2.04. The highest BCUT2D eigenvalue weighted by atomic mass is 16.5. The Balaban J connectivity index is 1.74. The molecular formula is C17H19NO. The van der Waals surface area contributed by atoms with Gasteiger partial charge in [-0.15, -0.1) is 0 Å². The molecule has 0 saturated carbocycles. The molecule has 2 aromatic rings. The standard InChI is InChI=1S/C17H19NO/c1-18-12-14-4-2-13(3-5-14)10-15-6-7-17-16(11-15)8-9-19-17/h2-7,11,18H,8-10,12H2,1H3. The summed E-state index contributed by atoms with van der Waals surface area (Å²) in [7, 11) is 1.97. The Hall–Kier alpha value is -1.80. The summed E-state index contributed by atoms with van der Waals surface area (Å²) in [4.78, 5) is 0. The first-order valence-corrected chi connectivity index (χ1v) is 6.82. The Bertz CT molecular complexity index is 560. The molecule has 0 radical (unpaired) electrons. The van der Waals surface area contributed by atoms with Crippen LogP contribution in [0.3, 0.4) is 0 Å². The quantitative estimate of drug-likeness (QED) is 0.904. The van der Waals surface area contributed by atoms with Crippen LogP contribution in [0.1, 0.15) is 22.3 Å². The van der Waals surface area contributed by atoms with Crippen LogP contribution in [0.25, 0.3) is 0 Å². The third-order valence-electron chi connectivity index (χ3n) is 3.57. The molecule has 0 aliphatic carbocycles. The summed E-state index contributed by atoms with van der Waals surface area (Å²) < 4.78 is 5.54. The maximum Gasteiger partial charge on any atom is 0.122 e. The zero-order valence-corrected chi connectivity index (χ0v) is 11.3. The van der Waals surface area contributed by atoms with Crippen LogP contribution < -0.4 is 10.1 Å². The van der Waals surface area contributed by atoms with Crippen LogP contribution >= 0.6 is 0 Å². The summed E-state index contributed by atoms with van der Waals surface area (Å²) in [6.07, 6.45) is 2.04. The molecule has 1 aliphatic rings. The lowest BCUT2D eigenvalue weighted by atomic mass is 10.0. The molecule has 2 aromatic carbocycles. The number of ether oxygens (including phenoxy) is 1. The average Bonchev–Trinajstić information content (AvgIpc) is 2.89. The molecule has 1 heterocycles. The van der Waals surface area contributed by atoms with Crippen molar-refractivity contribution in [2.45, 2.75) is 19.4 Å². The first-order chi connectivity index (χ1) is 9.35. The fraction of sp³-hybridized carbons (Fsp3) is 0.294. The first kappa shape index (κ1) is 12.2. The van der Waals surface area contributed by atoms with E-state index in [4.69, 9.17) is 4.74 Å². The Labute approximate surface area is 114 Å². The average molecular weight is 253 g/mol. The molecule has 0 bridgehead atoms. The smallest absolute Gasteiger partial charge is 0.122 e. The summed E-state index contributed by atoms with van der Waals surface area (Å²) in [5.74, 6) is 1.06. The van der Waals surface area contributed by atoms with Crippen molar-refractivity contribution in [3.05, 3.63) is 64.7 Å². The number of nitrogens with one attached hydrogen (secondary N) is 1. The van der Waals surface area contributed by atoms with Gasteiger partial charge in [0.15, 0.2) is 0 Å². The molecule has 1 N–H and O–H groups in total. The number of fused-ring (bicyclic) bond motifs is 1. The minimum absolute atomic E-state index is 0.831. The van der Waals surface area contributed by atoms with E-state index in [1.165, 1.54) is 22.3 Å². The Morgan fingerprint density at radius 1 is 1.00 bits per heavy atom. The zero-order valence-electron chi connectivity index (χ0n) is 11.3. The lowest BCUT2D eigenvalue weighted by Gasteiger charge is -2.06. The molecular weight excluding hydrogens is 234 g/mol. The summed E-state index contributed by atoms with van der Waals surface area (Å²) >= 11 is 0. The van der Waals surface area contributed by atoms with E-state index in [0.717, 1.165) is 31.7 Å². The normalized spacial score (nSPS) is 13.1. The molecule has 0 spiro atoms. The first-order valence-electron chi connectivity index (χ1n) is 6.82. The van der Waals surface area contributed by atoms with E-state index >= 15 is 0 Å². The highest BCUT2D eigenvalue weighted by molar-refractivity contribution is 5.41. The summed E-state index contributed by atoms with van der Waals surface area (Å²) in [5, 5.41) is 3.17. The van der Waals surface area contributed by atoms with Crippen molar-refractivity contribution in [1.29, 1.82) is 0 Å². The summed E-state index contributed by atoms with van der Waals surface area (Å²) in [6, 6.07) is 15.4. The monoisotopic (exact) mass is 253 g/mol. The number of benzene rings is 2. The van der Waals surface area contributed by atoms with Gasteiger partial charge in [-0.1, -0.05) is 36.4 Å². The predicted molar refractivity (Wildman–Crippen MR) is 77.7 cm³/mol.